The molecule has 104 valence electrons. The molecule has 0 unspecified atom stereocenters. The fourth-order valence-electron chi connectivity index (χ4n) is 0.580. The first-order chi connectivity index (χ1) is 7.17. The molecule has 0 fully saturated rings. The van der Waals surface area contributed by atoms with Crippen molar-refractivity contribution >= 4 is 20.9 Å². The van der Waals surface area contributed by atoms with Gasteiger partial charge >= 0.3 is 17.1 Å². The van der Waals surface area contributed by atoms with E-state index in [9.17, 15) is 43.2 Å². The Morgan fingerprint density at radius 1 is 1.00 bits per heavy atom. The van der Waals surface area contributed by atoms with Gasteiger partial charge in [-0.1, -0.05) is 0 Å². The van der Waals surface area contributed by atoms with Gasteiger partial charge < -0.3 is 0 Å². The van der Waals surface area contributed by atoms with E-state index in [0.717, 1.165) is 0 Å². The Hall–Kier alpha value is -0.560. The number of sulfonamides is 1. The molecule has 0 rings (SSSR count). The van der Waals surface area contributed by atoms with Crippen molar-refractivity contribution in [2.75, 3.05) is 0 Å². The molecule has 0 heterocycles. The molecule has 0 saturated carbocycles. The SMILES string of the molecule is CC(F)(F)C(F)(F)C(F)(F)S(=O)(=O)N[SH](=O)=O. The molecule has 1 N–H and O–H groups in total. The number of alkyl halides is 6. The highest BCUT2D eigenvalue weighted by Gasteiger charge is 2.75. The summed E-state index contributed by atoms with van der Waals surface area (Å²) in [6.07, 6.45) is 0. The molecule has 0 aromatic carbocycles. The first kappa shape index (κ1) is 16.4. The Bertz CT molecular complexity index is 455. The quantitative estimate of drug-likeness (QED) is 0.566. The minimum Gasteiger partial charge on any atom is -0.215 e. The zero-order valence-corrected chi connectivity index (χ0v) is 9.47. The van der Waals surface area contributed by atoms with Crippen molar-refractivity contribution in [1.82, 2.24) is 4.13 Å². The summed E-state index contributed by atoms with van der Waals surface area (Å²) in [6, 6.07) is 0. The maximum Gasteiger partial charge on any atom is 0.427 e. The Kier molecular flexibility index (Phi) is 4.13. The minimum atomic E-state index is -6.51. The number of nitrogens with one attached hydrogen (secondary N) is 1. The van der Waals surface area contributed by atoms with Gasteiger partial charge in [-0.3, -0.25) is 0 Å². The summed E-state index contributed by atoms with van der Waals surface area (Å²) in [5, 5.41) is -6.30. The zero-order valence-electron chi connectivity index (χ0n) is 7.76. The highest BCUT2D eigenvalue weighted by atomic mass is 32.3. The van der Waals surface area contributed by atoms with Crippen molar-refractivity contribution in [2.24, 2.45) is 0 Å². The predicted octanol–water partition coefficient (Wildman–Crippen LogP) is 0.315. The molecule has 0 saturated heterocycles. The summed E-state index contributed by atoms with van der Waals surface area (Å²) in [5.41, 5.74) is 0. The lowest BCUT2D eigenvalue weighted by Gasteiger charge is -2.29. The third-order valence-electron chi connectivity index (χ3n) is 1.45. The van der Waals surface area contributed by atoms with Crippen LogP contribution in [0.25, 0.3) is 0 Å². The third kappa shape index (κ3) is 2.82. The first-order valence-corrected chi connectivity index (χ1v) is 6.12. The van der Waals surface area contributed by atoms with Crippen LogP contribution in [-0.2, 0) is 20.9 Å². The van der Waals surface area contributed by atoms with Gasteiger partial charge in [0.15, 0.2) is 0 Å². The lowest BCUT2D eigenvalue weighted by atomic mass is 10.2. The third-order valence-corrected chi connectivity index (χ3v) is 3.94. The molecule has 0 aliphatic carbocycles. The molecule has 0 radical (unpaired) electrons. The average molecular weight is 309 g/mol. The first-order valence-electron chi connectivity index (χ1n) is 3.46. The van der Waals surface area contributed by atoms with Gasteiger partial charge in [-0.05, 0) is 0 Å². The molecule has 0 atom stereocenters. The van der Waals surface area contributed by atoms with Crippen LogP contribution in [0.15, 0.2) is 0 Å². The average Bonchev–Trinajstić information content (AvgIpc) is 1.98. The van der Waals surface area contributed by atoms with Crippen molar-refractivity contribution in [3.8, 4) is 0 Å². The second-order valence-corrected chi connectivity index (χ2v) is 5.60. The second-order valence-electron chi connectivity index (χ2n) is 2.83. The zero-order chi connectivity index (χ0) is 14.3. The van der Waals surface area contributed by atoms with Crippen LogP contribution >= 0.6 is 0 Å². The van der Waals surface area contributed by atoms with Crippen LogP contribution < -0.4 is 4.13 Å². The summed E-state index contributed by atoms with van der Waals surface area (Å²) in [7, 11) is -10.7. The van der Waals surface area contributed by atoms with E-state index >= 15 is 0 Å². The molecule has 0 aliphatic heterocycles. The lowest BCUT2D eigenvalue weighted by molar-refractivity contribution is -0.271. The topological polar surface area (TPSA) is 80.3 Å². The van der Waals surface area contributed by atoms with Gasteiger partial charge in [0.25, 0.3) is 10.0 Å². The van der Waals surface area contributed by atoms with Crippen LogP contribution in [0.4, 0.5) is 26.3 Å². The van der Waals surface area contributed by atoms with Crippen LogP contribution in [0, 0.1) is 0 Å². The smallest absolute Gasteiger partial charge is 0.215 e. The Labute approximate surface area is 92.9 Å². The normalized spacial score (nSPS) is 15.3. The lowest BCUT2D eigenvalue weighted by Crippen LogP contribution is -2.59. The maximum atomic E-state index is 12.7. The standard InChI is InChI=1S/C4H5F6NO4S2/c1-2(5,6)3(7,8)4(9,10)17(14,15)11-16(12)13/h16H,1H3,(H,11,12,13). The van der Waals surface area contributed by atoms with Gasteiger partial charge in [-0.15, -0.1) is 4.13 Å². The second kappa shape index (κ2) is 4.28. The van der Waals surface area contributed by atoms with E-state index in [-0.39, 0.29) is 4.13 Å². The molecule has 17 heavy (non-hydrogen) atoms. The van der Waals surface area contributed by atoms with Crippen LogP contribution in [0.5, 0.6) is 0 Å². The Morgan fingerprint density at radius 3 is 1.59 bits per heavy atom. The monoisotopic (exact) mass is 309 g/mol. The van der Waals surface area contributed by atoms with Gasteiger partial charge in [-0.25, -0.2) is 16.8 Å². The van der Waals surface area contributed by atoms with E-state index in [1.807, 2.05) is 0 Å². The van der Waals surface area contributed by atoms with E-state index in [1.165, 1.54) is 0 Å². The van der Waals surface area contributed by atoms with E-state index in [0.29, 0.717) is 0 Å². The van der Waals surface area contributed by atoms with Crippen molar-refractivity contribution in [3.05, 3.63) is 0 Å². The summed E-state index contributed by atoms with van der Waals surface area (Å²) in [4.78, 5) is 0. The van der Waals surface area contributed by atoms with Crippen LogP contribution in [0.1, 0.15) is 6.92 Å². The molecule has 0 bridgehead atoms. The number of thiol groups is 1. The number of halogens is 6. The fourth-order valence-corrected chi connectivity index (χ4v) is 2.34. The minimum absolute atomic E-state index is 0.100. The fraction of sp³-hybridized carbons (Fsp3) is 1.00. The molecular weight excluding hydrogens is 304 g/mol. The number of hydrogen-bond acceptors (Lipinski definition) is 4. The summed E-state index contributed by atoms with van der Waals surface area (Å²) < 4.78 is 116. The molecule has 0 aromatic rings. The predicted molar refractivity (Wildman–Crippen MR) is 42.9 cm³/mol. The van der Waals surface area contributed by atoms with Crippen LogP contribution in [-0.4, -0.2) is 33.9 Å². The van der Waals surface area contributed by atoms with Crippen LogP contribution in [0.2, 0.25) is 0 Å². The molecule has 0 aromatic heterocycles. The van der Waals surface area contributed by atoms with Gasteiger partial charge in [-0.2, -0.15) is 26.3 Å². The van der Waals surface area contributed by atoms with Crippen molar-refractivity contribution < 1.29 is 43.2 Å². The van der Waals surface area contributed by atoms with Crippen molar-refractivity contribution in [3.63, 3.8) is 0 Å². The largest absolute Gasteiger partial charge is 0.427 e. The number of hydrogen-bond donors (Lipinski definition) is 2. The Balaban J connectivity index is 5.73. The van der Waals surface area contributed by atoms with Crippen molar-refractivity contribution in [1.29, 1.82) is 0 Å². The molecule has 0 spiro atoms. The molecule has 0 amide bonds. The van der Waals surface area contributed by atoms with E-state index in [2.05, 4.69) is 0 Å². The summed E-state index contributed by atoms with van der Waals surface area (Å²) >= 11 is 0. The van der Waals surface area contributed by atoms with Gasteiger partial charge in [0.05, 0.1) is 0 Å². The van der Waals surface area contributed by atoms with E-state index in [1.54, 1.807) is 0 Å². The van der Waals surface area contributed by atoms with Crippen molar-refractivity contribution in [2.45, 2.75) is 24.0 Å². The molecule has 13 heteroatoms. The Morgan fingerprint density at radius 2 is 1.35 bits per heavy atom. The molecular formula is C4H5F6NO4S2. The summed E-state index contributed by atoms with van der Waals surface area (Å²) in [6.45, 7) is -0.631. The number of rotatable bonds is 5. The van der Waals surface area contributed by atoms with Gasteiger partial charge in [0.2, 0.25) is 10.9 Å². The van der Waals surface area contributed by atoms with E-state index < -0.39 is 44.9 Å². The van der Waals surface area contributed by atoms with Gasteiger partial charge in [0.1, 0.15) is 0 Å². The van der Waals surface area contributed by atoms with Crippen LogP contribution in [0.3, 0.4) is 0 Å². The molecule has 0 aliphatic rings. The van der Waals surface area contributed by atoms with E-state index in [4.69, 9.17) is 0 Å². The molecule has 5 nitrogen and oxygen atoms in total. The van der Waals surface area contributed by atoms with Gasteiger partial charge in [0, 0.05) is 6.92 Å². The maximum absolute atomic E-state index is 12.7. The summed E-state index contributed by atoms with van der Waals surface area (Å²) in [5.74, 6) is -11.7. The highest BCUT2D eigenvalue weighted by Crippen LogP contribution is 2.47. The highest BCUT2D eigenvalue weighted by molar-refractivity contribution is 7.98.